The van der Waals surface area contributed by atoms with Crippen molar-refractivity contribution in [2.24, 2.45) is 0 Å². The first kappa shape index (κ1) is 26.2. The molecule has 45 heavy (non-hydrogen) atoms. The Hall–Kier alpha value is -5.24. The number of carbonyl (C=O) groups is 2. The first-order chi connectivity index (χ1) is 22.8. The van der Waals surface area contributed by atoms with Crippen LogP contribution >= 0.6 is 56.7 Å². The highest BCUT2D eigenvalue weighted by Gasteiger charge is 2.34. The molecule has 0 unspecified atom stereocenters. The minimum absolute atomic E-state index is 0.0405. The summed E-state index contributed by atoms with van der Waals surface area (Å²) in [5.74, 6) is -0.743. The number of hydrogen-bond acceptors (Lipinski definition) is 11. The van der Waals surface area contributed by atoms with E-state index in [-0.39, 0.29) is 57.1 Å². The third kappa shape index (κ3) is 4.68. The van der Waals surface area contributed by atoms with Crippen molar-refractivity contribution in [2.75, 3.05) is 0 Å². The predicted octanol–water partition coefficient (Wildman–Crippen LogP) is 9.49. The Morgan fingerprint density at radius 1 is 0.556 bits per heavy atom. The minimum Gasteiger partial charge on any atom is -0.289 e. The Balaban J connectivity index is 1.21. The summed E-state index contributed by atoms with van der Waals surface area (Å²) < 4.78 is 17.8. The summed E-state index contributed by atoms with van der Waals surface area (Å²) in [6.45, 7) is 0. The SMILES string of the molecule is [2H]/C(=C1\C(=O)c2cscc2C1=C(C#N)C#N)c1ccc(-c2ccc(-c3ccc(/C([2H])=C4/C(=O)c5cscc5C4=C(C#N)C#N)s3)s2)s1. The van der Waals surface area contributed by atoms with Gasteiger partial charge < -0.3 is 0 Å². The highest BCUT2D eigenvalue weighted by atomic mass is 32.1. The number of rotatable bonds is 4. The molecule has 0 radical (unpaired) electrons. The number of nitriles is 4. The highest BCUT2D eigenvalue weighted by molar-refractivity contribution is 7.26. The van der Waals surface area contributed by atoms with Gasteiger partial charge in [-0.05, 0) is 59.3 Å². The zero-order chi connectivity index (χ0) is 33.0. The van der Waals surface area contributed by atoms with Crippen LogP contribution in [0.15, 0.2) is 80.2 Å². The van der Waals surface area contributed by atoms with Crippen molar-refractivity contribution >= 4 is 91.5 Å². The van der Waals surface area contributed by atoms with Crippen molar-refractivity contribution in [2.45, 2.75) is 0 Å². The van der Waals surface area contributed by atoms with Crippen molar-refractivity contribution in [1.29, 1.82) is 21.0 Å². The van der Waals surface area contributed by atoms with Gasteiger partial charge in [0, 0.05) is 84.6 Å². The van der Waals surface area contributed by atoms with E-state index in [1.165, 1.54) is 56.7 Å². The molecule has 6 nitrogen and oxygen atoms in total. The fourth-order valence-corrected chi connectivity index (χ4v) is 9.70. The monoisotopic (exact) mass is 670 g/mol. The van der Waals surface area contributed by atoms with Gasteiger partial charge >= 0.3 is 0 Å². The standard InChI is InChI=1S/C34H12N4O2S5/c35-9-17(10-36)31-21(33(39)25-15-41-13-23(25)31)7-19-1-3-27(43-19)29-5-6-30(45-29)28-4-2-20(44-28)8-22-32(18(11-37)12-38)24-14-42-16-26(24)34(22)40/h1-8,13-16H/b21-7+,22-8+/i7D,8D. The van der Waals surface area contributed by atoms with Crippen molar-refractivity contribution in [1.82, 2.24) is 0 Å². The number of thiophene rings is 5. The van der Waals surface area contributed by atoms with E-state index in [9.17, 15) is 30.6 Å². The van der Waals surface area contributed by atoms with E-state index in [2.05, 4.69) is 0 Å². The van der Waals surface area contributed by atoms with Crippen LogP contribution in [0.2, 0.25) is 0 Å². The maximum Gasteiger partial charge on any atom is 0.195 e. The molecule has 0 aliphatic heterocycles. The topological polar surface area (TPSA) is 129 Å². The van der Waals surface area contributed by atoms with E-state index in [1.807, 2.05) is 48.5 Å². The fraction of sp³-hybridized carbons (Fsp3) is 0. The molecule has 5 aromatic rings. The van der Waals surface area contributed by atoms with Crippen LogP contribution in [0.5, 0.6) is 0 Å². The van der Waals surface area contributed by atoms with Gasteiger partial charge in [-0.25, -0.2) is 0 Å². The molecule has 0 aromatic carbocycles. The largest absolute Gasteiger partial charge is 0.289 e. The average molecular weight is 671 g/mol. The predicted molar refractivity (Wildman–Crippen MR) is 180 cm³/mol. The van der Waals surface area contributed by atoms with E-state index in [0.29, 0.717) is 32.0 Å². The van der Waals surface area contributed by atoms with Gasteiger partial charge in [0.25, 0.3) is 0 Å². The lowest BCUT2D eigenvalue weighted by Crippen LogP contribution is -1.95. The van der Waals surface area contributed by atoms with Crippen LogP contribution in [0, 0.1) is 45.3 Å². The van der Waals surface area contributed by atoms with Crippen molar-refractivity contribution in [3.05, 3.63) is 112 Å². The molecule has 0 atom stereocenters. The van der Waals surface area contributed by atoms with E-state index in [0.717, 1.165) is 19.5 Å². The molecule has 0 spiro atoms. The summed E-state index contributed by atoms with van der Waals surface area (Å²) >= 11 is 6.77. The molecule has 210 valence electrons. The number of ketones is 2. The van der Waals surface area contributed by atoms with Gasteiger partial charge in [-0.15, -0.1) is 34.0 Å². The summed E-state index contributed by atoms with van der Waals surface area (Å²) in [6.07, 6.45) is 0. The second kappa shape index (κ2) is 11.4. The van der Waals surface area contributed by atoms with Gasteiger partial charge in [-0.2, -0.15) is 43.7 Å². The Bertz CT molecular complexity index is 2330. The van der Waals surface area contributed by atoms with Crippen molar-refractivity contribution in [3.8, 4) is 43.8 Å². The smallest absolute Gasteiger partial charge is 0.195 e. The zero-order valence-electron chi connectivity index (χ0n) is 24.4. The molecule has 7 rings (SSSR count). The Morgan fingerprint density at radius 3 is 1.31 bits per heavy atom. The number of carbonyl (C=O) groups excluding carboxylic acids is 2. The molecule has 0 saturated carbocycles. The van der Waals surface area contributed by atoms with Crippen LogP contribution in [0.1, 0.15) is 44.3 Å². The molecule has 2 aliphatic rings. The first-order valence-corrected chi connectivity index (χ1v) is 17.2. The third-order valence-electron chi connectivity index (χ3n) is 7.05. The van der Waals surface area contributed by atoms with E-state index in [1.54, 1.807) is 33.7 Å². The second-order valence-electron chi connectivity index (χ2n) is 9.50. The van der Waals surface area contributed by atoms with Crippen LogP contribution in [-0.4, -0.2) is 11.6 Å². The fourth-order valence-electron chi connectivity index (χ4n) is 5.05. The molecule has 0 saturated heterocycles. The summed E-state index contributed by atoms with van der Waals surface area (Å²) in [6, 6.07) is 18.5. The summed E-state index contributed by atoms with van der Waals surface area (Å²) in [4.78, 5) is 31.1. The summed E-state index contributed by atoms with van der Waals surface area (Å²) in [7, 11) is 0. The summed E-state index contributed by atoms with van der Waals surface area (Å²) in [5, 5.41) is 45.0. The van der Waals surface area contributed by atoms with E-state index >= 15 is 0 Å². The number of allylic oxidation sites excluding steroid dienone is 6. The maximum absolute atomic E-state index is 13.3. The van der Waals surface area contributed by atoms with Crippen molar-refractivity contribution < 1.29 is 12.3 Å². The minimum atomic E-state index is -0.372. The Morgan fingerprint density at radius 2 is 0.911 bits per heavy atom. The molecule has 5 heterocycles. The zero-order valence-corrected chi connectivity index (χ0v) is 26.5. The third-order valence-corrected chi connectivity index (χ3v) is 12.0. The molecule has 2 aliphatic carbocycles. The van der Waals surface area contributed by atoms with Gasteiger partial charge in [-0.1, -0.05) is 0 Å². The van der Waals surface area contributed by atoms with Gasteiger partial charge in [-0.3, -0.25) is 9.59 Å². The molecular formula is C34H12N4O2S5. The lowest BCUT2D eigenvalue weighted by Gasteiger charge is -2.00. The van der Waals surface area contributed by atoms with Crippen molar-refractivity contribution in [3.63, 3.8) is 0 Å². The van der Waals surface area contributed by atoms with E-state index < -0.39 is 0 Å². The molecule has 0 fully saturated rings. The van der Waals surface area contributed by atoms with Gasteiger partial charge in [0.2, 0.25) is 0 Å². The molecule has 0 amide bonds. The Labute approximate surface area is 279 Å². The highest BCUT2D eigenvalue weighted by Crippen LogP contribution is 2.45. The number of nitrogens with zero attached hydrogens (tertiary/aromatic N) is 4. The second-order valence-corrected chi connectivity index (χ2v) is 14.2. The van der Waals surface area contributed by atoms with Crippen LogP contribution in [-0.2, 0) is 0 Å². The summed E-state index contributed by atoms with van der Waals surface area (Å²) in [5.41, 5.74) is 1.93. The average Bonchev–Trinajstić information content (AvgIpc) is 3.93. The van der Waals surface area contributed by atoms with Crippen LogP contribution in [0.3, 0.4) is 0 Å². The number of Topliss-reactive ketones (excluding diaryl/α,β-unsaturated/α-hetero) is 2. The van der Waals surface area contributed by atoms with E-state index in [4.69, 9.17) is 2.74 Å². The van der Waals surface area contributed by atoms with Crippen LogP contribution in [0.4, 0.5) is 0 Å². The van der Waals surface area contributed by atoms with Gasteiger partial charge in [0.15, 0.2) is 11.6 Å². The molecular weight excluding hydrogens is 657 g/mol. The normalized spacial score (nSPS) is 16.2. The lowest BCUT2D eigenvalue weighted by atomic mass is 10.0. The first-order valence-electron chi connectivity index (χ1n) is 13.9. The Kier molecular flexibility index (Phi) is 6.61. The molecule has 5 aromatic heterocycles. The van der Waals surface area contributed by atoms with Gasteiger partial charge in [0.05, 0.1) is 2.74 Å². The van der Waals surface area contributed by atoms with Crippen LogP contribution in [0.25, 0.3) is 42.8 Å². The molecule has 11 heteroatoms. The van der Waals surface area contributed by atoms with Gasteiger partial charge in [0.1, 0.15) is 35.4 Å². The number of hydrogen-bond donors (Lipinski definition) is 0. The maximum atomic E-state index is 13.3. The quantitative estimate of drug-likeness (QED) is 0.138. The molecule has 0 N–H and O–H groups in total. The number of fused-ring (bicyclic) bond motifs is 2. The lowest BCUT2D eigenvalue weighted by molar-refractivity contribution is 0.103. The molecule has 0 bridgehead atoms. The van der Waals surface area contributed by atoms with Crippen LogP contribution < -0.4 is 0 Å².